The second kappa shape index (κ2) is 40.5. The van der Waals surface area contributed by atoms with Crippen LogP contribution in [0.2, 0.25) is 0 Å². The Labute approximate surface area is 612 Å². The first kappa shape index (κ1) is 85.1. The van der Waals surface area contributed by atoms with Crippen LogP contribution in [0.25, 0.3) is 0 Å². The Bertz CT molecular complexity index is 3190. The Morgan fingerprint density at radius 3 is 0.861 bits per heavy atom. The molecule has 0 saturated heterocycles. The molecule has 0 heterocycles. The fraction of sp³-hybridized carbons (Fsp3) is 0.615. The summed E-state index contributed by atoms with van der Waals surface area (Å²) in [5, 5.41) is 0. The lowest BCUT2D eigenvalue weighted by Crippen LogP contribution is -2.37. The summed E-state index contributed by atoms with van der Waals surface area (Å²) in [6.07, 6.45) is 26.2. The van der Waals surface area contributed by atoms with E-state index in [4.69, 9.17) is 23.7 Å². The molecule has 0 bridgehead atoms. The van der Waals surface area contributed by atoms with Crippen LogP contribution in [0.3, 0.4) is 0 Å². The quantitative estimate of drug-likeness (QED) is 0.0434. The maximum Gasteiger partial charge on any atom is 0.338 e. The molecule has 5 aromatic rings. The molecule has 0 aliphatic heterocycles. The summed E-state index contributed by atoms with van der Waals surface area (Å²) in [6.45, 7) is 42.3. The highest BCUT2D eigenvalue weighted by atomic mass is 16.6. The van der Waals surface area contributed by atoms with Crippen LogP contribution in [-0.4, -0.2) is 57.9 Å². The van der Waals surface area contributed by atoms with Gasteiger partial charge in [-0.15, -0.1) is 0 Å². The summed E-state index contributed by atoms with van der Waals surface area (Å²) in [5.74, 6) is 2.98. The van der Waals surface area contributed by atoms with Gasteiger partial charge in [-0.2, -0.15) is 0 Å². The Hall–Kier alpha value is -6.55. The van der Waals surface area contributed by atoms with E-state index >= 15 is 0 Å². The molecule has 4 aliphatic carbocycles. The first-order valence-electron chi connectivity index (χ1n) is 39.5. The Morgan fingerprint density at radius 1 is 0.347 bits per heavy atom. The van der Waals surface area contributed by atoms with E-state index in [0.29, 0.717) is 69.2 Å². The molecule has 10 nitrogen and oxygen atoms in total. The standard InChI is InChI=1S/C20H30O2.C19H28O2.C18H26O2.C17H24O2.C17H26O2/c1-5-15(2)16-11-13-17(14-12-16)19(21)22-20(3,4)18-9-7-6-8-10-18;1-5-14(2)15-10-12-16(13-11-15)18(20)21-19(3,4)17-8-6-7-9-17;1-4-14(3)15-8-10-16(11-9-15)17(19)20-18(5-2)12-6-7-13-18;1-4-13(2)14-7-9-15(10-8-14)16(18)19-17(3)11-5-6-12-17;1-7-13(4)14-8-10-15(11-9-14)16(18)19-17(5,6)12(2)3/h11-15,18H,5-10H2,1-4H3;10-14,17H,5-9H2,1-4H3;8-11,14H,4-7,12-13H2,1-3H3;7-10,13H,4-6,11-12H2,1-3H3;8-13H,7H2,1-6H3. The maximum absolute atomic E-state index is 12.4. The average molecular weight is 1390 g/mol. The summed E-state index contributed by atoms with van der Waals surface area (Å²) in [5.41, 5.74) is 8.08. The van der Waals surface area contributed by atoms with E-state index < -0.39 is 5.60 Å². The highest BCUT2D eigenvalue weighted by molar-refractivity contribution is 5.92. The van der Waals surface area contributed by atoms with Gasteiger partial charge >= 0.3 is 29.8 Å². The number of ether oxygens (including phenoxy) is 5. The fourth-order valence-electron chi connectivity index (χ4n) is 13.8. The molecule has 5 aromatic carbocycles. The van der Waals surface area contributed by atoms with Gasteiger partial charge in [0, 0.05) is 0 Å². The Kier molecular flexibility index (Phi) is 34.1. The molecule has 5 atom stereocenters. The van der Waals surface area contributed by atoms with Crippen molar-refractivity contribution in [2.75, 3.05) is 0 Å². The van der Waals surface area contributed by atoms with Crippen molar-refractivity contribution in [2.45, 2.75) is 344 Å². The lowest BCUT2D eigenvalue weighted by atomic mass is 9.79. The van der Waals surface area contributed by atoms with E-state index in [1.54, 1.807) is 0 Å². The normalized spacial score (nSPS) is 17.4. The zero-order chi connectivity index (χ0) is 74.7. The zero-order valence-corrected chi connectivity index (χ0v) is 66.5. The molecular weight excluding hydrogens is 1250 g/mol. The molecule has 4 fully saturated rings. The highest BCUT2D eigenvalue weighted by Gasteiger charge is 2.39. The summed E-state index contributed by atoms with van der Waals surface area (Å²) in [6, 6.07) is 39.4. The minimum atomic E-state index is -0.438. The largest absolute Gasteiger partial charge is 0.456 e. The predicted molar refractivity (Wildman–Crippen MR) is 417 cm³/mol. The molecule has 0 N–H and O–H groups in total. The molecular formula is C91H134O10. The van der Waals surface area contributed by atoms with Gasteiger partial charge in [0.15, 0.2) is 0 Å². The summed E-state index contributed by atoms with van der Waals surface area (Å²) in [7, 11) is 0. The number of esters is 5. The van der Waals surface area contributed by atoms with Crippen LogP contribution in [0.1, 0.15) is 395 Å². The van der Waals surface area contributed by atoms with Crippen LogP contribution >= 0.6 is 0 Å². The van der Waals surface area contributed by atoms with Crippen molar-refractivity contribution < 1.29 is 47.7 Å². The van der Waals surface area contributed by atoms with Gasteiger partial charge in [0.2, 0.25) is 0 Å². The van der Waals surface area contributed by atoms with Crippen LogP contribution in [0.5, 0.6) is 0 Å². The zero-order valence-electron chi connectivity index (χ0n) is 66.5. The van der Waals surface area contributed by atoms with Gasteiger partial charge < -0.3 is 23.7 Å². The molecule has 0 radical (unpaired) electrons. The number of rotatable bonds is 24. The molecule has 558 valence electrons. The van der Waals surface area contributed by atoms with Crippen molar-refractivity contribution in [2.24, 2.45) is 17.8 Å². The van der Waals surface area contributed by atoms with Crippen molar-refractivity contribution in [1.29, 1.82) is 0 Å². The number of carbonyl (C=O) groups excluding carboxylic acids is 5. The monoisotopic (exact) mass is 1390 g/mol. The smallest absolute Gasteiger partial charge is 0.338 e. The van der Waals surface area contributed by atoms with Gasteiger partial charge in [-0.3, -0.25) is 0 Å². The minimum Gasteiger partial charge on any atom is -0.456 e. The van der Waals surface area contributed by atoms with Crippen LogP contribution in [0.4, 0.5) is 0 Å². The third kappa shape index (κ3) is 26.3. The molecule has 0 aromatic heterocycles. The van der Waals surface area contributed by atoms with Crippen LogP contribution in [0, 0.1) is 17.8 Å². The Morgan fingerprint density at radius 2 is 0.594 bits per heavy atom. The minimum absolute atomic E-state index is 0.163. The van der Waals surface area contributed by atoms with Crippen LogP contribution < -0.4 is 0 Å². The van der Waals surface area contributed by atoms with E-state index in [2.05, 4.69) is 142 Å². The van der Waals surface area contributed by atoms with E-state index in [1.807, 2.05) is 118 Å². The maximum atomic E-state index is 12.4. The lowest BCUT2D eigenvalue weighted by molar-refractivity contribution is -0.0386. The molecule has 0 spiro atoms. The first-order valence-corrected chi connectivity index (χ1v) is 39.5. The number of benzene rings is 5. The molecule has 0 amide bonds. The van der Waals surface area contributed by atoms with E-state index in [0.717, 1.165) is 77.0 Å². The molecule has 4 aliphatic rings. The second-order valence-corrected chi connectivity index (χ2v) is 32.3. The van der Waals surface area contributed by atoms with Gasteiger partial charge in [-0.25, -0.2) is 24.0 Å². The number of carbonyl (C=O) groups is 5. The molecule has 9 rings (SSSR count). The predicted octanol–water partition coefficient (Wildman–Crippen LogP) is 25.6. The summed E-state index contributed by atoms with van der Waals surface area (Å²) < 4.78 is 28.7. The topological polar surface area (TPSA) is 132 Å². The van der Waals surface area contributed by atoms with Crippen molar-refractivity contribution in [3.8, 4) is 0 Å². The van der Waals surface area contributed by atoms with Gasteiger partial charge in [0.1, 0.15) is 28.0 Å². The average Bonchev–Trinajstić information content (AvgIpc) is 1.74. The highest BCUT2D eigenvalue weighted by Crippen LogP contribution is 2.40. The third-order valence-corrected chi connectivity index (χ3v) is 23.5. The third-order valence-electron chi connectivity index (χ3n) is 23.5. The summed E-state index contributed by atoms with van der Waals surface area (Å²) >= 11 is 0. The van der Waals surface area contributed by atoms with Gasteiger partial charge in [0.05, 0.1) is 27.8 Å². The van der Waals surface area contributed by atoms with Crippen molar-refractivity contribution in [3.63, 3.8) is 0 Å². The Balaban J connectivity index is 0.000000228. The van der Waals surface area contributed by atoms with Crippen molar-refractivity contribution in [1.82, 2.24) is 0 Å². The van der Waals surface area contributed by atoms with Crippen LogP contribution in [-0.2, 0) is 23.7 Å². The van der Waals surface area contributed by atoms with Gasteiger partial charge in [-0.1, -0.05) is 183 Å². The summed E-state index contributed by atoms with van der Waals surface area (Å²) in [4.78, 5) is 61.3. The van der Waals surface area contributed by atoms with E-state index in [9.17, 15) is 24.0 Å². The van der Waals surface area contributed by atoms with E-state index in [-0.39, 0.29) is 58.2 Å². The van der Waals surface area contributed by atoms with Crippen molar-refractivity contribution >= 4 is 29.8 Å². The lowest BCUT2D eigenvalue weighted by Gasteiger charge is -2.36. The molecule has 4 saturated carbocycles. The SMILES string of the molecule is CCC(C)c1ccc(C(=O)OC(C)(C)C(C)C)cc1.CCC(C)c1ccc(C(=O)OC(C)(C)C2CCCC2)cc1.CCC(C)c1ccc(C(=O)OC(C)(C)C2CCCCC2)cc1.CCC(C)c1ccc(C(=O)OC2(C)CCCC2)cc1.CCC(C)c1ccc(C(=O)OC2(CC)CCCC2)cc1. The fourth-order valence-corrected chi connectivity index (χ4v) is 13.8. The molecule has 10 heteroatoms. The first-order chi connectivity index (χ1) is 47.8. The second-order valence-electron chi connectivity index (χ2n) is 32.3. The number of hydrogen-bond donors (Lipinski definition) is 0. The van der Waals surface area contributed by atoms with Gasteiger partial charge in [-0.05, 0) is 300 Å². The molecule has 5 unspecified atom stereocenters. The number of hydrogen-bond acceptors (Lipinski definition) is 10. The molecule has 101 heavy (non-hydrogen) atoms. The van der Waals surface area contributed by atoms with Gasteiger partial charge in [0.25, 0.3) is 0 Å². The van der Waals surface area contributed by atoms with Crippen LogP contribution in [0.15, 0.2) is 121 Å². The van der Waals surface area contributed by atoms with Crippen molar-refractivity contribution in [3.05, 3.63) is 177 Å². The van der Waals surface area contributed by atoms with E-state index in [1.165, 1.54) is 98.4 Å².